The Bertz CT molecular complexity index is 743. The van der Waals surface area contributed by atoms with Crippen LogP contribution in [0.15, 0.2) is 60.7 Å². The molecule has 0 unspecified atom stereocenters. The van der Waals surface area contributed by atoms with Crippen LogP contribution in [0.5, 0.6) is 0 Å². The highest BCUT2D eigenvalue weighted by molar-refractivity contribution is 5.78. The first-order valence-electron chi connectivity index (χ1n) is 11.1. The number of nitrogens with zero attached hydrogens (tertiary/aromatic N) is 3. The smallest absolute Gasteiger partial charge is 0.236 e. The summed E-state index contributed by atoms with van der Waals surface area (Å²) in [5.41, 5.74) is 2.62. The van der Waals surface area contributed by atoms with Crippen LogP contribution in [0.3, 0.4) is 0 Å². The molecule has 0 N–H and O–H groups in total. The average molecular weight is 408 g/mol. The van der Waals surface area contributed by atoms with Crippen molar-refractivity contribution in [2.24, 2.45) is 0 Å². The van der Waals surface area contributed by atoms with Gasteiger partial charge in [-0.1, -0.05) is 60.7 Å². The second-order valence-corrected chi connectivity index (χ2v) is 8.35. The highest BCUT2D eigenvalue weighted by Crippen LogP contribution is 2.29. The van der Waals surface area contributed by atoms with Crippen LogP contribution in [0, 0.1) is 0 Å². The van der Waals surface area contributed by atoms with Gasteiger partial charge in [-0.05, 0) is 24.0 Å². The summed E-state index contributed by atoms with van der Waals surface area (Å²) in [4.78, 5) is 19.7. The molecule has 0 aliphatic carbocycles. The fourth-order valence-corrected chi connectivity index (χ4v) is 4.71. The normalized spacial score (nSPS) is 19.3. The van der Waals surface area contributed by atoms with Gasteiger partial charge in [0.15, 0.2) is 0 Å². The minimum Gasteiger partial charge on any atom is -0.381 e. The number of piperazine rings is 1. The molecule has 2 saturated heterocycles. The second kappa shape index (κ2) is 10.2. The summed E-state index contributed by atoms with van der Waals surface area (Å²) in [6.45, 7) is 5.82. The van der Waals surface area contributed by atoms with Gasteiger partial charge in [0.05, 0.1) is 18.7 Å². The number of ether oxygens (including phenoxy) is 1. The predicted molar refractivity (Wildman–Crippen MR) is 119 cm³/mol. The van der Waals surface area contributed by atoms with E-state index in [1.807, 2.05) is 4.90 Å². The van der Waals surface area contributed by atoms with Crippen LogP contribution in [-0.4, -0.2) is 79.6 Å². The van der Waals surface area contributed by atoms with E-state index in [4.69, 9.17) is 4.74 Å². The van der Waals surface area contributed by atoms with E-state index in [1.165, 1.54) is 11.1 Å². The molecule has 2 aliphatic heterocycles. The minimum atomic E-state index is 0.234. The molecule has 5 heteroatoms. The number of carbonyl (C=O) groups is 1. The standard InChI is InChI=1S/C25H33N3O2/c1-30-23-12-14-26(15-13-23)20-24(29)27-16-18-28(19-17-27)25(21-8-4-2-5-9-21)22-10-6-3-7-11-22/h2-11,23,25H,12-20H2,1H3. The molecule has 5 nitrogen and oxygen atoms in total. The van der Waals surface area contributed by atoms with Crippen LogP contribution in [0.4, 0.5) is 0 Å². The summed E-state index contributed by atoms with van der Waals surface area (Å²) in [6, 6.07) is 21.6. The van der Waals surface area contributed by atoms with Gasteiger partial charge in [0.1, 0.15) is 0 Å². The van der Waals surface area contributed by atoms with Gasteiger partial charge in [-0.15, -0.1) is 0 Å². The molecule has 2 fully saturated rings. The molecular weight excluding hydrogens is 374 g/mol. The van der Waals surface area contributed by atoms with Crippen LogP contribution >= 0.6 is 0 Å². The van der Waals surface area contributed by atoms with Crippen molar-refractivity contribution in [3.8, 4) is 0 Å². The van der Waals surface area contributed by atoms with Crippen LogP contribution in [-0.2, 0) is 9.53 Å². The lowest BCUT2D eigenvalue weighted by Gasteiger charge is -2.40. The van der Waals surface area contributed by atoms with Crippen LogP contribution < -0.4 is 0 Å². The molecule has 2 aliphatic rings. The van der Waals surface area contributed by atoms with Gasteiger partial charge in [-0.3, -0.25) is 14.6 Å². The maximum absolute atomic E-state index is 12.9. The Labute approximate surface area is 180 Å². The molecule has 0 aromatic heterocycles. The summed E-state index contributed by atoms with van der Waals surface area (Å²) in [5, 5.41) is 0. The second-order valence-electron chi connectivity index (χ2n) is 8.35. The number of benzene rings is 2. The Kier molecular flexibility index (Phi) is 7.16. The molecule has 1 amide bonds. The van der Waals surface area contributed by atoms with Gasteiger partial charge >= 0.3 is 0 Å². The Morgan fingerprint density at radius 3 is 1.90 bits per heavy atom. The topological polar surface area (TPSA) is 36.0 Å². The molecule has 0 spiro atoms. The molecule has 30 heavy (non-hydrogen) atoms. The van der Waals surface area contributed by atoms with Gasteiger partial charge < -0.3 is 9.64 Å². The zero-order chi connectivity index (χ0) is 20.8. The maximum atomic E-state index is 12.9. The van der Waals surface area contributed by atoms with E-state index in [9.17, 15) is 4.79 Å². The molecule has 160 valence electrons. The highest BCUT2D eigenvalue weighted by Gasteiger charge is 2.29. The van der Waals surface area contributed by atoms with Gasteiger partial charge in [-0.2, -0.15) is 0 Å². The zero-order valence-electron chi connectivity index (χ0n) is 18.0. The number of hydrogen-bond acceptors (Lipinski definition) is 4. The van der Waals surface area contributed by atoms with Gasteiger partial charge in [-0.25, -0.2) is 0 Å². The number of rotatable bonds is 6. The molecule has 2 heterocycles. The van der Waals surface area contributed by atoms with Crippen molar-refractivity contribution in [1.82, 2.24) is 14.7 Å². The van der Waals surface area contributed by atoms with Gasteiger partial charge in [0.25, 0.3) is 0 Å². The van der Waals surface area contributed by atoms with E-state index in [2.05, 4.69) is 70.5 Å². The monoisotopic (exact) mass is 407 g/mol. The molecule has 0 atom stereocenters. The number of hydrogen-bond donors (Lipinski definition) is 0. The summed E-state index contributed by atoms with van der Waals surface area (Å²) < 4.78 is 5.44. The lowest BCUT2D eigenvalue weighted by atomic mass is 9.96. The highest BCUT2D eigenvalue weighted by atomic mass is 16.5. The van der Waals surface area contributed by atoms with Crippen molar-refractivity contribution in [3.05, 3.63) is 71.8 Å². The first kappa shape index (κ1) is 21.0. The Morgan fingerprint density at radius 1 is 0.867 bits per heavy atom. The number of amides is 1. The van der Waals surface area contributed by atoms with Gasteiger partial charge in [0.2, 0.25) is 5.91 Å². The number of likely N-dealkylation sites (tertiary alicyclic amines) is 1. The fraction of sp³-hybridized carbons (Fsp3) is 0.480. The summed E-state index contributed by atoms with van der Waals surface area (Å²) in [6.07, 6.45) is 2.40. The van der Waals surface area contributed by atoms with E-state index in [0.29, 0.717) is 12.6 Å². The Balaban J connectivity index is 1.36. The van der Waals surface area contributed by atoms with Crippen molar-refractivity contribution in [1.29, 1.82) is 0 Å². The van der Waals surface area contributed by atoms with Crippen LogP contribution in [0.2, 0.25) is 0 Å². The molecule has 0 radical (unpaired) electrons. The summed E-state index contributed by atoms with van der Waals surface area (Å²) in [5.74, 6) is 0.265. The lowest BCUT2D eigenvalue weighted by molar-refractivity contribution is -0.135. The zero-order valence-corrected chi connectivity index (χ0v) is 18.0. The van der Waals surface area contributed by atoms with Crippen LogP contribution in [0.1, 0.15) is 30.0 Å². The van der Waals surface area contributed by atoms with E-state index >= 15 is 0 Å². The van der Waals surface area contributed by atoms with E-state index in [0.717, 1.165) is 52.1 Å². The summed E-state index contributed by atoms with van der Waals surface area (Å²) >= 11 is 0. The van der Waals surface area contributed by atoms with Crippen molar-refractivity contribution >= 4 is 5.91 Å². The minimum absolute atomic E-state index is 0.234. The Morgan fingerprint density at radius 2 is 1.40 bits per heavy atom. The first-order valence-corrected chi connectivity index (χ1v) is 11.1. The molecular formula is C25H33N3O2. The van der Waals surface area contributed by atoms with Gasteiger partial charge in [0, 0.05) is 46.4 Å². The quantitative estimate of drug-likeness (QED) is 0.738. The first-order chi connectivity index (χ1) is 14.7. The van der Waals surface area contributed by atoms with Crippen molar-refractivity contribution in [2.75, 3.05) is 52.9 Å². The van der Waals surface area contributed by atoms with E-state index < -0.39 is 0 Å². The molecule has 0 saturated carbocycles. The van der Waals surface area contributed by atoms with Crippen molar-refractivity contribution in [3.63, 3.8) is 0 Å². The Hall–Kier alpha value is -2.21. The van der Waals surface area contributed by atoms with Crippen LogP contribution in [0.25, 0.3) is 0 Å². The fourth-order valence-electron chi connectivity index (χ4n) is 4.71. The van der Waals surface area contributed by atoms with Crippen molar-refractivity contribution < 1.29 is 9.53 Å². The third kappa shape index (κ3) is 5.09. The molecule has 2 aromatic carbocycles. The third-order valence-corrected chi connectivity index (χ3v) is 6.49. The predicted octanol–water partition coefficient (Wildman–Crippen LogP) is 3.03. The number of carbonyl (C=O) groups excluding carboxylic acids is 1. The molecule has 4 rings (SSSR count). The van der Waals surface area contributed by atoms with Crippen molar-refractivity contribution in [2.45, 2.75) is 25.0 Å². The number of piperidine rings is 1. The molecule has 0 bridgehead atoms. The molecule has 2 aromatic rings. The van der Waals surface area contributed by atoms with E-state index in [-0.39, 0.29) is 11.9 Å². The number of methoxy groups -OCH3 is 1. The SMILES string of the molecule is COC1CCN(CC(=O)N2CCN(C(c3ccccc3)c3ccccc3)CC2)CC1. The largest absolute Gasteiger partial charge is 0.381 e. The maximum Gasteiger partial charge on any atom is 0.236 e. The summed E-state index contributed by atoms with van der Waals surface area (Å²) in [7, 11) is 1.78. The third-order valence-electron chi connectivity index (χ3n) is 6.49. The average Bonchev–Trinajstić information content (AvgIpc) is 2.81. The van der Waals surface area contributed by atoms with E-state index in [1.54, 1.807) is 7.11 Å². The lowest BCUT2D eigenvalue weighted by Crippen LogP contribution is -2.52.